The second-order valence-corrected chi connectivity index (χ2v) is 5.15. The number of pyridine rings is 1. The molecule has 0 aliphatic rings. The van der Waals surface area contributed by atoms with Crippen LogP contribution in [-0.4, -0.2) is 21.9 Å². The van der Waals surface area contributed by atoms with Crippen LogP contribution in [0.5, 0.6) is 0 Å². The van der Waals surface area contributed by atoms with Crippen LogP contribution in [0.1, 0.15) is 16.7 Å². The molecule has 104 valence electrons. The van der Waals surface area contributed by atoms with Crippen LogP contribution < -0.4 is 5.73 Å². The molecular weight excluding hydrogens is 273 g/mol. The zero-order chi connectivity index (χ0) is 14.5. The molecule has 0 saturated heterocycles. The maximum Gasteiger partial charge on any atom is 0.133 e. The summed E-state index contributed by atoms with van der Waals surface area (Å²) in [6, 6.07) is 8.79. The van der Waals surface area contributed by atoms with Gasteiger partial charge >= 0.3 is 0 Å². The minimum atomic E-state index is -0.379. The molecule has 0 spiro atoms. The molecule has 2 aromatic rings. The number of nitrogens with two attached hydrogens (primary N) is 1. The Balaban J connectivity index is 2.06. The fourth-order valence-electron chi connectivity index (χ4n) is 2.03. The van der Waals surface area contributed by atoms with E-state index < -0.39 is 0 Å². The van der Waals surface area contributed by atoms with Crippen molar-refractivity contribution in [1.29, 1.82) is 0 Å². The minimum Gasteiger partial charge on any atom is -0.389 e. The van der Waals surface area contributed by atoms with Crippen molar-refractivity contribution in [2.45, 2.75) is 13.1 Å². The molecule has 0 radical (unpaired) electrons. The van der Waals surface area contributed by atoms with E-state index >= 15 is 0 Å². The van der Waals surface area contributed by atoms with E-state index in [9.17, 15) is 4.39 Å². The van der Waals surface area contributed by atoms with Crippen molar-refractivity contribution in [3.8, 4) is 0 Å². The Morgan fingerprint density at radius 1 is 1.30 bits per heavy atom. The van der Waals surface area contributed by atoms with Gasteiger partial charge in [-0.3, -0.25) is 9.88 Å². The molecule has 1 aromatic heterocycles. The summed E-state index contributed by atoms with van der Waals surface area (Å²) in [4.78, 5) is 6.29. The summed E-state index contributed by atoms with van der Waals surface area (Å²) in [5, 5.41) is 0. The Morgan fingerprint density at radius 3 is 2.70 bits per heavy atom. The Bertz CT molecular complexity index is 601. The predicted molar refractivity (Wildman–Crippen MR) is 81.7 cm³/mol. The minimum absolute atomic E-state index is 0.0827. The van der Waals surface area contributed by atoms with Gasteiger partial charge in [-0.05, 0) is 36.4 Å². The van der Waals surface area contributed by atoms with Gasteiger partial charge in [0.15, 0.2) is 0 Å². The average molecular weight is 289 g/mol. The van der Waals surface area contributed by atoms with Gasteiger partial charge in [0.2, 0.25) is 0 Å². The first-order valence-electron chi connectivity index (χ1n) is 6.22. The molecule has 0 aliphatic carbocycles. The third-order valence-electron chi connectivity index (χ3n) is 2.92. The molecule has 0 bridgehead atoms. The van der Waals surface area contributed by atoms with Gasteiger partial charge in [-0.25, -0.2) is 4.39 Å². The monoisotopic (exact) mass is 289 g/mol. The van der Waals surface area contributed by atoms with E-state index in [1.54, 1.807) is 18.3 Å². The second kappa shape index (κ2) is 6.54. The topological polar surface area (TPSA) is 42.2 Å². The van der Waals surface area contributed by atoms with Crippen molar-refractivity contribution < 1.29 is 4.39 Å². The van der Waals surface area contributed by atoms with Gasteiger partial charge in [0, 0.05) is 31.0 Å². The van der Waals surface area contributed by atoms with Gasteiger partial charge in [-0.1, -0.05) is 24.4 Å². The summed E-state index contributed by atoms with van der Waals surface area (Å²) in [5.74, 6) is -0.379. The third kappa shape index (κ3) is 3.82. The van der Waals surface area contributed by atoms with Gasteiger partial charge < -0.3 is 5.73 Å². The van der Waals surface area contributed by atoms with Crippen molar-refractivity contribution in [3.05, 3.63) is 65.2 Å². The summed E-state index contributed by atoms with van der Waals surface area (Å²) >= 11 is 4.84. The largest absolute Gasteiger partial charge is 0.389 e. The standard InChI is InChI=1S/C15H16FN3S/c1-19(10-12-3-2-6-18-8-12)9-11-4-5-14(16)13(7-11)15(17)20/h2-8H,9-10H2,1H3,(H2,17,20). The number of thiocarbonyl (C=S) groups is 1. The lowest BCUT2D eigenvalue weighted by Gasteiger charge is -2.17. The van der Waals surface area contributed by atoms with Crippen LogP contribution in [0.15, 0.2) is 42.7 Å². The first-order chi connectivity index (χ1) is 9.56. The van der Waals surface area contributed by atoms with Crippen molar-refractivity contribution in [1.82, 2.24) is 9.88 Å². The fourth-order valence-corrected chi connectivity index (χ4v) is 2.19. The third-order valence-corrected chi connectivity index (χ3v) is 3.14. The number of halogens is 1. The summed E-state index contributed by atoms with van der Waals surface area (Å²) in [7, 11) is 2.00. The molecule has 0 unspecified atom stereocenters. The fraction of sp³-hybridized carbons (Fsp3) is 0.200. The summed E-state index contributed by atoms with van der Waals surface area (Å²) < 4.78 is 13.5. The molecule has 1 aromatic carbocycles. The van der Waals surface area contributed by atoms with Gasteiger partial charge in [-0.2, -0.15) is 0 Å². The van der Waals surface area contributed by atoms with E-state index in [4.69, 9.17) is 18.0 Å². The summed E-state index contributed by atoms with van der Waals surface area (Å²) in [5.41, 5.74) is 7.91. The Morgan fingerprint density at radius 2 is 2.05 bits per heavy atom. The molecule has 0 saturated carbocycles. The molecule has 5 heteroatoms. The Hall–Kier alpha value is -1.85. The van der Waals surface area contributed by atoms with Gasteiger partial charge in [-0.15, -0.1) is 0 Å². The van der Waals surface area contributed by atoms with E-state index in [0.717, 1.165) is 17.7 Å². The lowest BCUT2D eigenvalue weighted by Crippen LogP contribution is -2.18. The van der Waals surface area contributed by atoms with Crippen LogP contribution in [0.4, 0.5) is 4.39 Å². The zero-order valence-electron chi connectivity index (χ0n) is 11.2. The SMILES string of the molecule is CN(Cc1cccnc1)Cc1ccc(F)c(C(N)=S)c1. The predicted octanol–water partition coefficient (Wildman–Crippen LogP) is 2.49. The molecular formula is C15H16FN3S. The first-order valence-corrected chi connectivity index (χ1v) is 6.63. The maximum absolute atomic E-state index is 13.5. The van der Waals surface area contributed by atoms with Crippen LogP contribution in [0.25, 0.3) is 0 Å². The molecule has 0 atom stereocenters. The molecule has 0 amide bonds. The number of aromatic nitrogens is 1. The van der Waals surface area contributed by atoms with Gasteiger partial charge in [0.05, 0.1) is 0 Å². The highest BCUT2D eigenvalue weighted by atomic mass is 32.1. The van der Waals surface area contributed by atoms with Crippen molar-refractivity contribution in [3.63, 3.8) is 0 Å². The van der Waals surface area contributed by atoms with Crippen LogP contribution in [0, 0.1) is 5.82 Å². The van der Waals surface area contributed by atoms with Crippen LogP contribution in [-0.2, 0) is 13.1 Å². The van der Waals surface area contributed by atoms with E-state index in [1.807, 2.05) is 25.4 Å². The summed E-state index contributed by atoms with van der Waals surface area (Å²) in [6.45, 7) is 1.46. The zero-order valence-corrected chi connectivity index (χ0v) is 12.0. The molecule has 0 aliphatic heterocycles. The van der Waals surface area contributed by atoms with Crippen molar-refractivity contribution in [2.75, 3.05) is 7.05 Å². The van der Waals surface area contributed by atoms with E-state index in [1.165, 1.54) is 6.07 Å². The van der Waals surface area contributed by atoms with E-state index in [2.05, 4.69) is 9.88 Å². The highest BCUT2D eigenvalue weighted by Crippen LogP contribution is 2.13. The number of benzene rings is 1. The lowest BCUT2D eigenvalue weighted by atomic mass is 10.1. The van der Waals surface area contributed by atoms with Crippen LogP contribution in [0.2, 0.25) is 0 Å². The molecule has 20 heavy (non-hydrogen) atoms. The Kier molecular flexibility index (Phi) is 4.76. The van der Waals surface area contributed by atoms with Crippen LogP contribution >= 0.6 is 12.2 Å². The molecule has 2 N–H and O–H groups in total. The Labute approximate surface area is 123 Å². The molecule has 0 fully saturated rings. The maximum atomic E-state index is 13.5. The van der Waals surface area contributed by atoms with Gasteiger partial charge in [0.1, 0.15) is 10.8 Å². The normalized spacial score (nSPS) is 10.8. The number of hydrogen-bond acceptors (Lipinski definition) is 3. The van der Waals surface area contributed by atoms with E-state index in [0.29, 0.717) is 12.1 Å². The first kappa shape index (κ1) is 14.6. The molecule has 1 heterocycles. The number of rotatable bonds is 5. The average Bonchev–Trinajstić information content (AvgIpc) is 2.41. The van der Waals surface area contributed by atoms with Crippen molar-refractivity contribution in [2.24, 2.45) is 5.73 Å². The van der Waals surface area contributed by atoms with Gasteiger partial charge in [0.25, 0.3) is 0 Å². The smallest absolute Gasteiger partial charge is 0.133 e. The second-order valence-electron chi connectivity index (χ2n) is 4.71. The van der Waals surface area contributed by atoms with Crippen molar-refractivity contribution >= 4 is 17.2 Å². The molecule has 3 nitrogen and oxygen atoms in total. The van der Waals surface area contributed by atoms with E-state index in [-0.39, 0.29) is 10.8 Å². The van der Waals surface area contributed by atoms with Crippen LogP contribution in [0.3, 0.4) is 0 Å². The lowest BCUT2D eigenvalue weighted by molar-refractivity contribution is 0.318. The number of hydrogen-bond donors (Lipinski definition) is 1. The highest BCUT2D eigenvalue weighted by molar-refractivity contribution is 7.80. The highest BCUT2D eigenvalue weighted by Gasteiger charge is 2.08. The number of nitrogens with zero attached hydrogens (tertiary/aromatic N) is 2. The quantitative estimate of drug-likeness (QED) is 0.859. The summed E-state index contributed by atoms with van der Waals surface area (Å²) in [6.07, 6.45) is 3.58. The molecule has 2 rings (SSSR count).